The van der Waals surface area contributed by atoms with Crippen molar-refractivity contribution in [3.8, 4) is 5.75 Å². The van der Waals surface area contributed by atoms with Gasteiger partial charge in [-0.15, -0.1) is 0 Å². The van der Waals surface area contributed by atoms with Gasteiger partial charge in [0.05, 0.1) is 13.2 Å². The number of carbonyl (C=O) groups is 2. The molecule has 3 aromatic rings. The standard InChI is InChI=1S/C22H18F3N3O4/c1-32-15-9-8-12-5-2-3-7-14(12)16(15)18-17(19(29)13-6-4-10-26-11-13)21(31,22(23,24)25)28-20(30)27-18/h2-11,17-18,31H,1H3,(H2,27,28,30)/t17-,18+,21-/m1/s1. The highest BCUT2D eigenvalue weighted by molar-refractivity contribution is 6.01. The second-order valence-corrected chi connectivity index (χ2v) is 7.33. The van der Waals surface area contributed by atoms with E-state index in [0.29, 0.717) is 10.8 Å². The maximum absolute atomic E-state index is 14.1. The molecule has 32 heavy (non-hydrogen) atoms. The van der Waals surface area contributed by atoms with Crippen molar-refractivity contribution < 1.29 is 32.6 Å². The van der Waals surface area contributed by atoms with Crippen molar-refractivity contribution in [2.45, 2.75) is 17.9 Å². The zero-order valence-corrected chi connectivity index (χ0v) is 16.7. The van der Waals surface area contributed by atoms with E-state index < -0.39 is 35.7 Å². The van der Waals surface area contributed by atoms with Crippen LogP contribution in [-0.2, 0) is 0 Å². The number of fused-ring (bicyclic) bond motifs is 1. The fourth-order valence-electron chi connectivity index (χ4n) is 4.04. The van der Waals surface area contributed by atoms with Crippen LogP contribution < -0.4 is 15.4 Å². The number of benzene rings is 2. The van der Waals surface area contributed by atoms with Crippen molar-refractivity contribution in [3.05, 3.63) is 72.1 Å². The van der Waals surface area contributed by atoms with E-state index in [2.05, 4.69) is 10.3 Å². The lowest BCUT2D eigenvalue weighted by atomic mass is 9.76. The highest BCUT2D eigenvalue weighted by Gasteiger charge is 2.66. The summed E-state index contributed by atoms with van der Waals surface area (Å²) < 4.78 is 47.7. The van der Waals surface area contributed by atoms with Gasteiger partial charge in [-0.1, -0.05) is 30.3 Å². The number of nitrogens with one attached hydrogen (secondary N) is 2. The largest absolute Gasteiger partial charge is 0.496 e. The number of alkyl halides is 3. The molecule has 0 spiro atoms. The van der Waals surface area contributed by atoms with Crippen molar-refractivity contribution in [1.29, 1.82) is 0 Å². The maximum Gasteiger partial charge on any atom is 0.437 e. The number of ketones is 1. The average Bonchev–Trinajstić information content (AvgIpc) is 2.77. The molecule has 1 aromatic heterocycles. The van der Waals surface area contributed by atoms with E-state index in [-0.39, 0.29) is 16.9 Å². The van der Waals surface area contributed by atoms with Gasteiger partial charge in [-0.3, -0.25) is 9.78 Å². The third-order valence-electron chi connectivity index (χ3n) is 5.50. The summed E-state index contributed by atoms with van der Waals surface area (Å²) in [5.74, 6) is -3.07. The lowest BCUT2D eigenvalue weighted by Crippen LogP contribution is -2.72. The third kappa shape index (κ3) is 3.42. The van der Waals surface area contributed by atoms with Crippen LogP contribution in [-0.4, -0.2) is 40.9 Å². The highest BCUT2D eigenvalue weighted by Crippen LogP contribution is 2.47. The summed E-state index contributed by atoms with van der Waals surface area (Å²) in [6.07, 6.45) is -2.89. The number of Topliss-reactive ketones (excluding diaryl/α,β-unsaturated/α-hetero) is 1. The minimum Gasteiger partial charge on any atom is -0.496 e. The molecule has 0 bridgehead atoms. The van der Waals surface area contributed by atoms with E-state index >= 15 is 0 Å². The number of methoxy groups -OCH3 is 1. The number of carbonyl (C=O) groups excluding carboxylic acids is 2. The molecule has 1 fully saturated rings. The lowest BCUT2D eigenvalue weighted by molar-refractivity contribution is -0.287. The van der Waals surface area contributed by atoms with E-state index in [1.165, 1.54) is 36.8 Å². The molecule has 4 rings (SSSR count). The number of pyridine rings is 1. The SMILES string of the molecule is COc1ccc2ccccc2c1[C@@H]1NC(=O)N[C@](O)(C(F)(F)F)[C@H]1C(=O)c1cccnc1. The molecule has 7 nitrogen and oxygen atoms in total. The fraction of sp³-hybridized carbons (Fsp3) is 0.227. The zero-order chi connectivity index (χ0) is 23.1. The van der Waals surface area contributed by atoms with E-state index in [9.17, 15) is 27.9 Å². The first-order chi connectivity index (χ1) is 15.2. The normalized spacial score (nSPS) is 23.3. The Hall–Kier alpha value is -3.66. The highest BCUT2D eigenvalue weighted by atomic mass is 19.4. The summed E-state index contributed by atoms with van der Waals surface area (Å²) in [6.45, 7) is 0. The van der Waals surface area contributed by atoms with Gasteiger partial charge in [-0.05, 0) is 29.0 Å². The molecular weight excluding hydrogens is 427 g/mol. The molecule has 1 aliphatic heterocycles. The van der Waals surface area contributed by atoms with Crippen LogP contribution in [0.2, 0.25) is 0 Å². The van der Waals surface area contributed by atoms with Crippen molar-refractivity contribution in [2.75, 3.05) is 7.11 Å². The summed E-state index contributed by atoms with van der Waals surface area (Å²) in [5, 5.41) is 15.8. The molecule has 3 atom stereocenters. The van der Waals surface area contributed by atoms with Crippen LogP contribution >= 0.6 is 0 Å². The van der Waals surface area contributed by atoms with Gasteiger partial charge < -0.3 is 20.5 Å². The second-order valence-electron chi connectivity index (χ2n) is 7.33. The second kappa shape index (κ2) is 7.79. The number of aromatic nitrogens is 1. The molecule has 0 saturated carbocycles. The molecule has 0 radical (unpaired) electrons. The van der Waals surface area contributed by atoms with Gasteiger partial charge in [0.1, 0.15) is 11.7 Å². The molecule has 2 amide bonds. The molecular formula is C22H18F3N3O4. The molecule has 2 aromatic carbocycles. The van der Waals surface area contributed by atoms with Gasteiger partial charge in [0.2, 0.25) is 5.72 Å². The number of hydrogen-bond acceptors (Lipinski definition) is 5. The first-order valence-corrected chi connectivity index (χ1v) is 9.55. The van der Waals surface area contributed by atoms with Gasteiger partial charge in [0.25, 0.3) is 0 Å². The minimum atomic E-state index is -5.36. The van der Waals surface area contributed by atoms with Gasteiger partial charge in [-0.2, -0.15) is 13.2 Å². The Balaban J connectivity index is 2.00. The zero-order valence-electron chi connectivity index (χ0n) is 16.7. The van der Waals surface area contributed by atoms with Crippen LogP contribution in [0, 0.1) is 5.92 Å². The first kappa shape index (κ1) is 21.6. The lowest BCUT2D eigenvalue weighted by Gasteiger charge is -2.45. The van der Waals surface area contributed by atoms with Gasteiger partial charge in [0.15, 0.2) is 5.78 Å². The number of hydrogen-bond donors (Lipinski definition) is 3. The predicted octanol–water partition coefficient (Wildman–Crippen LogP) is 3.35. The molecule has 166 valence electrons. The molecule has 10 heteroatoms. The summed E-state index contributed by atoms with van der Waals surface area (Å²) in [5.41, 5.74) is -3.85. The third-order valence-corrected chi connectivity index (χ3v) is 5.50. The Morgan fingerprint density at radius 2 is 1.91 bits per heavy atom. The first-order valence-electron chi connectivity index (χ1n) is 9.55. The van der Waals surface area contributed by atoms with E-state index in [4.69, 9.17) is 4.74 Å². The number of urea groups is 1. The number of rotatable bonds is 4. The number of aliphatic hydroxyl groups is 1. The van der Waals surface area contributed by atoms with Crippen LogP contribution in [0.25, 0.3) is 10.8 Å². The Morgan fingerprint density at radius 1 is 1.16 bits per heavy atom. The summed E-state index contributed by atoms with van der Waals surface area (Å²) in [4.78, 5) is 29.4. The molecule has 2 heterocycles. The minimum absolute atomic E-state index is 0.144. The van der Waals surface area contributed by atoms with Crippen molar-refractivity contribution in [3.63, 3.8) is 0 Å². The van der Waals surface area contributed by atoms with Gasteiger partial charge >= 0.3 is 12.2 Å². The van der Waals surface area contributed by atoms with Gasteiger partial charge in [0, 0.05) is 23.5 Å². The van der Waals surface area contributed by atoms with Crippen molar-refractivity contribution >= 4 is 22.6 Å². The van der Waals surface area contributed by atoms with Crippen LogP contribution in [0.1, 0.15) is 22.0 Å². The molecule has 3 N–H and O–H groups in total. The van der Waals surface area contributed by atoms with Crippen molar-refractivity contribution in [1.82, 2.24) is 15.6 Å². The number of nitrogens with zero attached hydrogens (tertiary/aromatic N) is 1. The number of amides is 2. The average molecular weight is 445 g/mol. The predicted molar refractivity (Wildman–Crippen MR) is 108 cm³/mol. The van der Waals surface area contributed by atoms with Crippen molar-refractivity contribution in [2.24, 2.45) is 5.92 Å². The van der Waals surface area contributed by atoms with Crippen LogP contribution in [0.4, 0.5) is 18.0 Å². The Morgan fingerprint density at radius 3 is 2.56 bits per heavy atom. The summed E-state index contributed by atoms with van der Waals surface area (Å²) >= 11 is 0. The Kier molecular flexibility index (Phi) is 5.25. The van der Waals surface area contributed by atoms with E-state index in [1.54, 1.807) is 30.3 Å². The number of ether oxygens (including phenoxy) is 1. The molecule has 0 aliphatic carbocycles. The Bertz CT molecular complexity index is 1190. The van der Waals surface area contributed by atoms with Crippen LogP contribution in [0.15, 0.2) is 60.9 Å². The fourth-order valence-corrected chi connectivity index (χ4v) is 4.04. The van der Waals surface area contributed by atoms with Crippen LogP contribution in [0.5, 0.6) is 5.75 Å². The molecule has 0 unspecified atom stereocenters. The monoisotopic (exact) mass is 445 g/mol. The topological polar surface area (TPSA) is 101 Å². The Labute approximate surface area is 180 Å². The number of halogens is 3. The van der Waals surface area contributed by atoms with Gasteiger partial charge in [-0.25, -0.2) is 4.79 Å². The molecule has 1 aliphatic rings. The van der Waals surface area contributed by atoms with Crippen LogP contribution in [0.3, 0.4) is 0 Å². The summed E-state index contributed by atoms with van der Waals surface area (Å²) in [7, 11) is 1.32. The molecule has 1 saturated heterocycles. The smallest absolute Gasteiger partial charge is 0.437 e. The maximum atomic E-state index is 14.1. The summed E-state index contributed by atoms with van der Waals surface area (Å²) in [6, 6.07) is 9.85. The van der Waals surface area contributed by atoms with E-state index in [0.717, 1.165) is 6.20 Å². The quantitative estimate of drug-likeness (QED) is 0.535. The van der Waals surface area contributed by atoms with E-state index in [1.807, 2.05) is 0 Å².